The van der Waals surface area contributed by atoms with E-state index in [0.29, 0.717) is 5.75 Å². The Morgan fingerprint density at radius 2 is 2.17 bits per heavy atom. The summed E-state index contributed by atoms with van der Waals surface area (Å²) in [5.41, 5.74) is 1.14. The van der Waals surface area contributed by atoms with Crippen molar-refractivity contribution in [2.75, 3.05) is 5.75 Å². The zero-order chi connectivity index (χ0) is 8.39. The molecule has 1 atom stereocenters. The van der Waals surface area contributed by atoms with Crippen molar-refractivity contribution in [3.8, 4) is 5.75 Å². The number of ether oxygens (including phenoxy) is 1. The number of benzene rings is 1. The standard InChI is InChI=1S/C10H9OS/c12-7-9-6-5-8-3-1-2-4-10(8)11-9/h1-6,9H,7H2. The Labute approximate surface area is 77.5 Å². The zero-order valence-electron chi connectivity index (χ0n) is 6.57. The lowest BCUT2D eigenvalue weighted by Gasteiger charge is -2.19. The summed E-state index contributed by atoms with van der Waals surface area (Å²) in [7, 11) is 0. The summed E-state index contributed by atoms with van der Waals surface area (Å²) in [5.74, 6) is 1.56. The molecular weight excluding hydrogens is 168 g/mol. The molecule has 0 aromatic heterocycles. The molecule has 12 heavy (non-hydrogen) atoms. The fraction of sp³-hybridized carbons (Fsp3) is 0.200. The fourth-order valence-corrected chi connectivity index (χ4v) is 1.41. The summed E-state index contributed by atoms with van der Waals surface area (Å²) in [6.07, 6.45) is 4.15. The normalized spacial score (nSPS) is 19.9. The van der Waals surface area contributed by atoms with Gasteiger partial charge in [0.2, 0.25) is 0 Å². The van der Waals surface area contributed by atoms with E-state index in [0.717, 1.165) is 11.3 Å². The smallest absolute Gasteiger partial charge is 0.127 e. The summed E-state index contributed by atoms with van der Waals surface area (Å²) in [6.45, 7) is 0. The molecule has 1 unspecified atom stereocenters. The van der Waals surface area contributed by atoms with Crippen LogP contribution in [0.2, 0.25) is 0 Å². The first-order chi connectivity index (χ1) is 5.90. The molecule has 1 aromatic rings. The Hall–Kier alpha value is -0.890. The summed E-state index contributed by atoms with van der Waals surface area (Å²) in [6, 6.07) is 7.97. The largest absolute Gasteiger partial charge is 0.485 e. The molecule has 1 aliphatic rings. The molecule has 2 heteroatoms. The molecule has 1 aromatic carbocycles. The second kappa shape index (κ2) is 3.23. The van der Waals surface area contributed by atoms with Crippen LogP contribution in [-0.4, -0.2) is 11.9 Å². The summed E-state index contributed by atoms with van der Waals surface area (Å²) >= 11 is 4.92. The highest BCUT2D eigenvalue weighted by atomic mass is 32.1. The summed E-state index contributed by atoms with van der Waals surface area (Å²) in [4.78, 5) is 0. The highest BCUT2D eigenvalue weighted by molar-refractivity contribution is 7.80. The van der Waals surface area contributed by atoms with Crippen molar-refractivity contribution < 1.29 is 4.74 Å². The van der Waals surface area contributed by atoms with E-state index in [-0.39, 0.29) is 6.10 Å². The van der Waals surface area contributed by atoms with Crippen molar-refractivity contribution in [1.82, 2.24) is 0 Å². The Kier molecular flexibility index (Phi) is 2.09. The van der Waals surface area contributed by atoms with Gasteiger partial charge in [-0.25, -0.2) is 0 Å². The van der Waals surface area contributed by atoms with Gasteiger partial charge in [-0.3, -0.25) is 0 Å². The van der Waals surface area contributed by atoms with Crippen LogP contribution in [-0.2, 0) is 0 Å². The lowest BCUT2D eigenvalue weighted by atomic mass is 10.1. The van der Waals surface area contributed by atoms with Gasteiger partial charge in [-0.15, -0.1) is 0 Å². The first-order valence-electron chi connectivity index (χ1n) is 3.92. The van der Waals surface area contributed by atoms with Crippen LogP contribution in [0.1, 0.15) is 5.56 Å². The van der Waals surface area contributed by atoms with Crippen LogP contribution in [0.15, 0.2) is 30.3 Å². The maximum Gasteiger partial charge on any atom is 0.127 e. The SMILES string of the molecule is [S]CC1C=Cc2ccccc2O1. The van der Waals surface area contributed by atoms with Gasteiger partial charge in [0.05, 0.1) is 0 Å². The van der Waals surface area contributed by atoms with Gasteiger partial charge >= 0.3 is 0 Å². The lowest BCUT2D eigenvalue weighted by Crippen LogP contribution is -2.18. The van der Waals surface area contributed by atoms with Crippen LogP contribution < -0.4 is 4.74 Å². The fourth-order valence-electron chi connectivity index (χ4n) is 1.23. The van der Waals surface area contributed by atoms with E-state index in [1.807, 2.05) is 30.3 Å². The van der Waals surface area contributed by atoms with Gasteiger partial charge in [0.25, 0.3) is 0 Å². The highest BCUT2D eigenvalue weighted by Crippen LogP contribution is 2.25. The summed E-state index contributed by atoms with van der Waals surface area (Å²) < 4.78 is 5.59. The zero-order valence-corrected chi connectivity index (χ0v) is 7.38. The van der Waals surface area contributed by atoms with Gasteiger partial charge in [-0.05, 0) is 12.1 Å². The quantitative estimate of drug-likeness (QED) is 0.640. The second-order valence-corrected chi connectivity index (χ2v) is 3.05. The van der Waals surface area contributed by atoms with Crippen molar-refractivity contribution in [3.63, 3.8) is 0 Å². The van der Waals surface area contributed by atoms with Gasteiger partial charge in [0.15, 0.2) is 0 Å². The van der Waals surface area contributed by atoms with Crippen LogP contribution in [0.3, 0.4) is 0 Å². The first-order valence-corrected chi connectivity index (χ1v) is 4.50. The molecule has 0 bridgehead atoms. The molecule has 1 heterocycles. The molecule has 0 spiro atoms. The lowest BCUT2D eigenvalue weighted by molar-refractivity contribution is 0.271. The Balaban J connectivity index is 2.33. The average Bonchev–Trinajstić information content (AvgIpc) is 2.17. The summed E-state index contributed by atoms with van der Waals surface area (Å²) in [5, 5.41) is 0. The number of rotatable bonds is 1. The topological polar surface area (TPSA) is 9.23 Å². The van der Waals surface area contributed by atoms with Crippen LogP contribution in [0.5, 0.6) is 5.75 Å². The molecule has 0 saturated heterocycles. The maximum atomic E-state index is 5.59. The number of hydrogen-bond donors (Lipinski definition) is 0. The van der Waals surface area contributed by atoms with Crippen LogP contribution >= 0.6 is 12.6 Å². The van der Waals surface area contributed by atoms with Gasteiger partial charge in [-0.2, -0.15) is 0 Å². The molecule has 61 valence electrons. The van der Waals surface area contributed by atoms with E-state index in [1.165, 1.54) is 0 Å². The van der Waals surface area contributed by atoms with Crippen molar-refractivity contribution >= 4 is 18.7 Å². The number of hydrogen-bond acceptors (Lipinski definition) is 1. The second-order valence-electron chi connectivity index (χ2n) is 2.72. The van der Waals surface area contributed by atoms with Gasteiger partial charge in [0.1, 0.15) is 11.9 Å². The molecule has 1 radical (unpaired) electrons. The molecule has 0 saturated carbocycles. The van der Waals surface area contributed by atoms with Gasteiger partial charge in [-0.1, -0.05) is 36.9 Å². The van der Waals surface area contributed by atoms with E-state index in [9.17, 15) is 0 Å². The third kappa shape index (κ3) is 1.34. The molecule has 0 amide bonds. The van der Waals surface area contributed by atoms with E-state index in [2.05, 4.69) is 6.08 Å². The highest BCUT2D eigenvalue weighted by Gasteiger charge is 2.11. The average molecular weight is 177 g/mol. The van der Waals surface area contributed by atoms with Crippen LogP contribution in [0.4, 0.5) is 0 Å². The Bertz CT molecular complexity index is 306. The predicted molar refractivity (Wildman–Crippen MR) is 52.4 cm³/mol. The first kappa shape index (κ1) is 7.74. The van der Waals surface area contributed by atoms with E-state index in [4.69, 9.17) is 17.4 Å². The van der Waals surface area contributed by atoms with E-state index in [1.54, 1.807) is 0 Å². The maximum absolute atomic E-state index is 5.59. The number of para-hydroxylation sites is 1. The Morgan fingerprint density at radius 1 is 1.33 bits per heavy atom. The van der Waals surface area contributed by atoms with Crippen molar-refractivity contribution in [2.24, 2.45) is 0 Å². The third-order valence-corrected chi connectivity index (χ3v) is 2.18. The number of fused-ring (bicyclic) bond motifs is 1. The molecule has 1 aliphatic heterocycles. The molecule has 0 N–H and O–H groups in total. The van der Waals surface area contributed by atoms with Gasteiger partial charge < -0.3 is 4.74 Å². The third-order valence-electron chi connectivity index (χ3n) is 1.85. The Morgan fingerprint density at radius 3 is 3.00 bits per heavy atom. The molecule has 2 rings (SSSR count). The van der Waals surface area contributed by atoms with Crippen molar-refractivity contribution in [2.45, 2.75) is 6.10 Å². The van der Waals surface area contributed by atoms with E-state index >= 15 is 0 Å². The van der Waals surface area contributed by atoms with Gasteiger partial charge in [0, 0.05) is 11.3 Å². The van der Waals surface area contributed by atoms with E-state index < -0.39 is 0 Å². The minimum atomic E-state index is 0.0786. The molecular formula is C10H9OS. The molecule has 1 nitrogen and oxygen atoms in total. The minimum Gasteiger partial charge on any atom is -0.485 e. The minimum absolute atomic E-state index is 0.0786. The van der Waals surface area contributed by atoms with Crippen molar-refractivity contribution in [1.29, 1.82) is 0 Å². The predicted octanol–water partition coefficient (Wildman–Crippen LogP) is 2.66. The molecule has 0 fully saturated rings. The molecule has 0 aliphatic carbocycles. The monoisotopic (exact) mass is 177 g/mol. The van der Waals surface area contributed by atoms with Crippen LogP contribution in [0, 0.1) is 0 Å². The van der Waals surface area contributed by atoms with Crippen LogP contribution in [0.25, 0.3) is 6.08 Å². The van der Waals surface area contributed by atoms with Crippen molar-refractivity contribution in [3.05, 3.63) is 35.9 Å².